The van der Waals surface area contributed by atoms with Crippen LogP contribution in [-0.2, 0) is 16.1 Å². The summed E-state index contributed by atoms with van der Waals surface area (Å²) in [4.78, 5) is 2.32. The summed E-state index contributed by atoms with van der Waals surface area (Å²) in [5.74, 6) is -1.34. The Morgan fingerprint density at radius 2 is 1.50 bits per heavy atom. The third kappa shape index (κ3) is 1.93. The number of benzene rings is 2. The van der Waals surface area contributed by atoms with Gasteiger partial charge in [0.2, 0.25) is 5.79 Å². The van der Waals surface area contributed by atoms with Crippen molar-refractivity contribution in [3.63, 3.8) is 0 Å². The average molecular weight is 295 g/mol. The summed E-state index contributed by atoms with van der Waals surface area (Å²) in [6, 6.07) is 17.8. The molecule has 4 rings (SSSR count). The van der Waals surface area contributed by atoms with Crippen LogP contribution in [-0.4, -0.2) is 30.1 Å². The molecule has 1 atom stereocenters. The van der Waals surface area contributed by atoms with Gasteiger partial charge in [-0.1, -0.05) is 54.6 Å². The molecule has 3 heteroatoms. The SMILES string of the molecule is CN1CCC2(CC1)O[C@@](O)(c1ccccc1)c1ccccc12. The van der Waals surface area contributed by atoms with Gasteiger partial charge in [-0.25, -0.2) is 0 Å². The molecule has 1 saturated heterocycles. The van der Waals surface area contributed by atoms with E-state index in [9.17, 15) is 5.11 Å². The summed E-state index contributed by atoms with van der Waals surface area (Å²) in [6.45, 7) is 1.97. The van der Waals surface area contributed by atoms with Gasteiger partial charge in [0.1, 0.15) is 5.60 Å². The van der Waals surface area contributed by atoms with Crippen LogP contribution in [0.4, 0.5) is 0 Å². The van der Waals surface area contributed by atoms with Crippen molar-refractivity contribution in [2.45, 2.75) is 24.2 Å². The number of fused-ring (bicyclic) bond motifs is 2. The molecule has 22 heavy (non-hydrogen) atoms. The Morgan fingerprint density at radius 1 is 0.909 bits per heavy atom. The third-order valence-corrected chi connectivity index (χ3v) is 5.09. The van der Waals surface area contributed by atoms with E-state index < -0.39 is 5.79 Å². The first-order valence-corrected chi connectivity index (χ1v) is 7.91. The number of likely N-dealkylation sites (tertiary alicyclic amines) is 1. The molecule has 2 aliphatic rings. The van der Waals surface area contributed by atoms with Gasteiger partial charge in [0, 0.05) is 24.2 Å². The van der Waals surface area contributed by atoms with E-state index in [1.54, 1.807) is 0 Å². The van der Waals surface area contributed by atoms with Crippen LogP contribution in [0.5, 0.6) is 0 Å². The molecule has 1 N–H and O–H groups in total. The first kappa shape index (κ1) is 13.9. The minimum Gasteiger partial charge on any atom is -0.358 e. The number of aliphatic hydroxyl groups is 1. The van der Waals surface area contributed by atoms with Crippen LogP contribution in [0.3, 0.4) is 0 Å². The van der Waals surface area contributed by atoms with Crippen molar-refractivity contribution < 1.29 is 9.84 Å². The fraction of sp³-hybridized carbons (Fsp3) is 0.368. The topological polar surface area (TPSA) is 32.7 Å². The highest BCUT2D eigenvalue weighted by Crippen LogP contribution is 2.53. The molecular formula is C19H21NO2. The Labute approximate surface area is 131 Å². The average Bonchev–Trinajstić information content (AvgIpc) is 2.82. The fourth-order valence-electron chi connectivity index (χ4n) is 3.80. The predicted molar refractivity (Wildman–Crippen MR) is 85.4 cm³/mol. The molecule has 1 spiro atoms. The molecule has 2 aromatic rings. The molecule has 2 aliphatic heterocycles. The molecule has 1 fully saturated rings. The zero-order valence-electron chi connectivity index (χ0n) is 12.8. The molecule has 0 unspecified atom stereocenters. The van der Waals surface area contributed by atoms with Gasteiger partial charge >= 0.3 is 0 Å². The van der Waals surface area contributed by atoms with Crippen molar-refractivity contribution in [3.8, 4) is 0 Å². The first-order valence-electron chi connectivity index (χ1n) is 7.91. The van der Waals surface area contributed by atoms with E-state index in [1.807, 2.05) is 48.5 Å². The highest BCUT2D eigenvalue weighted by molar-refractivity contribution is 5.46. The van der Waals surface area contributed by atoms with Gasteiger partial charge in [-0.3, -0.25) is 0 Å². The van der Waals surface area contributed by atoms with Crippen molar-refractivity contribution in [2.24, 2.45) is 0 Å². The Hall–Kier alpha value is -1.68. The zero-order chi connectivity index (χ0) is 15.2. The highest BCUT2D eigenvalue weighted by Gasteiger charge is 2.54. The van der Waals surface area contributed by atoms with Crippen molar-refractivity contribution >= 4 is 0 Å². The van der Waals surface area contributed by atoms with Gasteiger partial charge in [-0.05, 0) is 25.5 Å². The molecule has 0 saturated carbocycles. The van der Waals surface area contributed by atoms with E-state index in [1.165, 1.54) is 0 Å². The lowest BCUT2D eigenvalue weighted by Gasteiger charge is -2.39. The lowest BCUT2D eigenvalue weighted by atomic mass is 9.83. The molecule has 0 radical (unpaired) electrons. The normalized spacial score (nSPS) is 27.0. The summed E-state index contributed by atoms with van der Waals surface area (Å²) in [5.41, 5.74) is 2.48. The minimum absolute atomic E-state index is 0.367. The molecule has 2 aromatic carbocycles. The second kappa shape index (κ2) is 4.92. The largest absolute Gasteiger partial charge is 0.358 e. The molecular weight excluding hydrogens is 274 g/mol. The highest BCUT2D eigenvalue weighted by atomic mass is 16.6. The van der Waals surface area contributed by atoms with E-state index in [2.05, 4.69) is 18.0 Å². The van der Waals surface area contributed by atoms with Crippen molar-refractivity contribution in [1.29, 1.82) is 0 Å². The molecule has 0 bridgehead atoms. The zero-order valence-corrected chi connectivity index (χ0v) is 12.8. The second-order valence-corrected chi connectivity index (χ2v) is 6.46. The second-order valence-electron chi connectivity index (χ2n) is 6.46. The predicted octanol–water partition coefficient (Wildman–Crippen LogP) is 2.83. The van der Waals surface area contributed by atoms with Crippen molar-refractivity contribution in [2.75, 3.05) is 20.1 Å². The van der Waals surface area contributed by atoms with Crippen molar-refractivity contribution in [1.82, 2.24) is 4.90 Å². The standard InChI is InChI=1S/C19H21NO2/c1-20-13-11-18(12-14-20)16-9-5-6-10-17(16)19(21,22-18)15-7-3-2-4-8-15/h2-10,21H,11-14H2,1H3/t19-/m0/s1. The number of ether oxygens (including phenoxy) is 1. The number of rotatable bonds is 1. The summed E-state index contributed by atoms with van der Waals surface area (Å²) in [7, 11) is 2.14. The van der Waals surface area contributed by atoms with E-state index >= 15 is 0 Å². The smallest absolute Gasteiger partial charge is 0.221 e. The molecule has 0 aromatic heterocycles. The van der Waals surface area contributed by atoms with Crippen LogP contribution >= 0.6 is 0 Å². The van der Waals surface area contributed by atoms with E-state index in [4.69, 9.17) is 4.74 Å². The Morgan fingerprint density at radius 3 is 2.18 bits per heavy atom. The first-order chi connectivity index (χ1) is 10.6. The summed E-state index contributed by atoms with van der Waals surface area (Å²) in [5, 5.41) is 11.4. The van der Waals surface area contributed by atoms with Crippen molar-refractivity contribution in [3.05, 3.63) is 71.3 Å². The van der Waals surface area contributed by atoms with E-state index in [-0.39, 0.29) is 5.60 Å². The molecule has 3 nitrogen and oxygen atoms in total. The van der Waals surface area contributed by atoms with Gasteiger partial charge in [-0.2, -0.15) is 0 Å². The van der Waals surface area contributed by atoms with Gasteiger partial charge in [0.15, 0.2) is 0 Å². The van der Waals surface area contributed by atoms with Crippen LogP contribution in [0.2, 0.25) is 0 Å². The molecule has 0 amide bonds. The van der Waals surface area contributed by atoms with Crippen LogP contribution in [0.25, 0.3) is 0 Å². The number of hydrogen-bond acceptors (Lipinski definition) is 3. The van der Waals surface area contributed by atoms with Crippen LogP contribution in [0.1, 0.15) is 29.5 Å². The number of piperidine rings is 1. The van der Waals surface area contributed by atoms with Gasteiger partial charge in [-0.15, -0.1) is 0 Å². The lowest BCUT2D eigenvalue weighted by Crippen LogP contribution is -2.42. The maximum absolute atomic E-state index is 11.4. The molecule has 0 aliphatic carbocycles. The van der Waals surface area contributed by atoms with E-state index in [0.29, 0.717) is 0 Å². The summed E-state index contributed by atoms with van der Waals surface area (Å²) < 4.78 is 6.41. The minimum atomic E-state index is -1.34. The summed E-state index contributed by atoms with van der Waals surface area (Å²) >= 11 is 0. The molecule has 114 valence electrons. The number of hydrogen-bond donors (Lipinski definition) is 1. The Balaban J connectivity index is 1.84. The van der Waals surface area contributed by atoms with Crippen LogP contribution in [0, 0.1) is 0 Å². The van der Waals surface area contributed by atoms with Crippen LogP contribution in [0.15, 0.2) is 54.6 Å². The molecule has 2 heterocycles. The number of nitrogens with zero attached hydrogens (tertiary/aromatic N) is 1. The maximum atomic E-state index is 11.4. The van der Waals surface area contributed by atoms with E-state index in [0.717, 1.165) is 42.6 Å². The maximum Gasteiger partial charge on any atom is 0.221 e. The Bertz CT molecular complexity index is 677. The monoisotopic (exact) mass is 295 g/mol. The summed E-state index contributed by atoms with van der Waals surface area (Å²) in [6.07, 6.45) is 1.82. The van der Waals surface area contributed by atoms with Gasteiger partial charge in [0.25, 0.3) is 0 Å². The lowest BCUT2D eigenvalue weighted by molar-refractivity contribution is -0.244. The van der Waals surface area contributed by atoms with Crippen LogP contribution < -0.4 is 0 Å². The Kier molecular flexibility index (Phi) is 3.12. The van der Waals surface area contributed by atoms with Gasteiger partial charge < -0.3 is 14.7 Å². The quantitative estimate of drug-likeness (QED) is 0.878. The third-order valence-electron chi connectivity index (χ3n) is 5.09. The fourth-order valence-corrected chi connectivity index (χ4v) is 3.80. The van der Waals surface area contributed by atoms with Gasteiger partial charge in [0.05, 0.1) is 0 Å².